The molecule has 0 bridgehead atoms. The molecule has 3 aromatic carbocycles. The molecule has 0 unspecified atom stereocenters. The van der Waals surface area contributed by atoms with Gasteiger partial charge in [0.05, 0.1) is 24.5 Å². The molecule has 39 heavy (non-hydrogen) atoms. The summed E-state index contributed by atoms with van der Waals surface area (Å²) in [7, 11) is -3.57. The van der Waals surface area contributed by atoms with Gasteiger partial charge in [-0.1, -0.05) is 60.7 Å². The summed E-state index contributed by atoms with van der Waals surface area (Å²) in [5, 5.41) is 27.0. The van der Waals surface area contributed by atoms with Crippen LogP contribution in [0.25, 0.3) is 0 Å². The monoisotopic (exact) mass is 553 g/mol. The number of aromatic hydroxyl groups is 1. The molecule has 0 spiro atoms. The van der Waals surface area contributed by atoms with Gasteiger partial charge in [-0.3, -0.25) is 9.52 Å². The minimum absolute atomic E-state index is 0.000603. The number of rotatable bonds is 14. The fourth-order valence-corrected chi connectivity index (χ4v) is 4.93. The lowest BCUT2D eigenvalue weighted by Crippen LogP contribution is -2.43. The summed E-state index contributed by atoms with van der Waals surface area (Å²) < 4.78 is 25.3. The first-order chi connectivity index (χ1) is 18.4. The molecule has 0 aliphatic heterocycles. The number of carbonyl (C=O) groups is 1. The van der Waals surface area contributed by atoms with Gasteiger partial charge in [0.1, 0.15) is 5.75 Å². The summed E-state index contributed by atoms with van der Waals surface area (Å²) in [5.74, 6) is -0.218. The Balaban J connectivity index is 1.49. The molecule has 0 radical (unpaired) electrons. The Morgan fingerprint density at radius 2 is 1.64 bits per heavy atom. The van der Waals surface area contributed by atoms with Crippen molar-refractivity contribution in [1.82, 2.24) is 10.6 Å². The summed E-state index contributed by atoms with van der Waals surface area (Å²) >= 11 is 0. The normalized spacial score (nSPS) is 12.6. The lowest BCUT2D eigenvalue weighted by Gasteiger charge is -2.28. The van der Waals surface area contributed by atoms with Crippen LogP contribution in [0.2, 0.25) is 0 Å². The third-order valence-electron chi connectivity index (χ3n) is 6.28. The molecule has 0 saturated carbocycles. The highest BCUT2D eigenvalue weighted by atomic mass is 32.2. The molecule has 0 aliphatic carbocycles. The average Bonchev–Trinajstić information content (AvgIpc) is 2.86. The number of aliphatic hydroxyl groups is 1. The molecular weight excluding hydrogens is 514 g/mol. The molecule has 210 valence electrons. The lowest BCUT2D eigenvalue weighted by atomic mass is 9.93. The third-order valence-corrected chi connectivity index (χ3v) is 6.87. The van der Waals surface area contributed by atoms with Crippen molar-refractivity contribution >= 4 is 21.6 Å². The van der Waals surface area contributed by atoms with Crippen molar-refractivity contribution in [3.05, 3.63) is 95.1 Å². The highest BCUT2D eigenvalue weighted by Crippen LogP contribution is 2.28. The van der Waals surface area contributed by atoms with Crippen molar-refractivity contribution in [2.75, 3.05) is 24.1 Å². The number of β-amino-alcohol motifs (C(OH)–C–C–N with tert-alkyl or cyclic N) is 1. The Kier molecular flexibility index (Phi) is 10.5. The van der Waals surface area contributed by atoms with Crippen LogP contribution < -0.4 is 15.4 Å². The number of hydrogen-bond acceptors (Lipinski definition) is 6. The van der Waals surface area contributed by atoms with Gasteiger partial charge in [-0.2, -0.15) is 0 Å². The summed E-state index contributed by atoms with van der Waals surface area (Å²) in [6.45, 7) is 4.92. The number of aryl methyl sites for hydroxylation is 1. The first kappa shape index (κ1) is 30.1. The molecule has 3 rings (SSSR count). The van der Waals surface area contributed by atoms with Gasteiger partial charge in [-0.05, 0) is 67.5 Å². The standard InChI is InChI=1S/C30H39N3O5S/c1-30(2,32-21-28(35)25-14-15-27(34)26(19-25)33-39(3,37)38)20-24-12-7-11-23(17-24)18-29(36)31-16-8-13-22-9-5-4-6-10-22/h4-7,9-12,14-15,17,19,28,32-35H,8,13,16,18,20-21H2,1-3H3,(H,31,36)/t28-/m0/s1. The van der Waals surface area contributed by atoms with Crippen molar-refractivity contribution in [2.24, 2.45) is 0 Å². The highest BCUT2D eigenvalue weighted by Gasteiger charge is 2.21. The first-order valence-electron chi connectivity index (χ1n) is 13.0. The molecule has 1 amide bonds. The van der Waals surface area contributed by atoms with Crippen LogP contribution in [0.15, 0.2) is 72.8 Å². The second-order valence-electron chi connectivity index (χ2n) is 10.5. The molecular formula is C30H39N3O5S. The predicted octanol–water partition coefficient (Wildman–Crippen LogP) is 3.70. The van der Waals surface area contributed by atoms with E-state index < -0.39 is 16.1 Å². The van der Waals surface area contributed by atoms with E-state index in [0.717, 1.165) is 30.2 Å². The smallest absolute Gasteiger partial charge is 0.229 e. The van der Waals surface area contributed by atoms with E-state index in [0.29, 0.717) is 24.9 Å². The van der Waals surface area contributed by atoms with Gasteiger partial charge in [-0.25, -0.2) is 8.42 Å². The van der Waals surface area contributed by atoms with Gasteiger partial charge >= 0.3 is 0 Å². The summed E-state index contributed by atoms with van der Waals surface area (Å²) in [5.41, 5.74) is 3.40. The van der Waals surface area contributed by atoms with Gasteiger partial charge in [0.25, 0.3) is 0 Å². The topological polar surface area (TPSA) is 128 Å². The maximum Gasteiger partial charge on any atom is 0.229 e. The Bertz CT molecular complexity index is 1340. The zero-order chi connectivity index (χ0) is 28.5. The number of carbonyl (C=O) groups excluding carboxylic acids is 1. The summed E-state index contributed by atoms with van der Waals surface area (Å²) in [6, 6.07) is 22.5. The van der Waals surface area contributed by atoms with Crippen LogP contribution in [0.4, 0.5) is 5.69 Å². The van der Waals surface area contributed by atoms with Crippen LogP contribution >= 0.6 is 0 Å². The Morgan fingerprint density at radius 3 is 2.36 bits per heavy atom. The number of amides is 1. The van der Waals surface area contributed by atoms with Gasteiger partial charge in [0.15, 0.2) is 0 Å². The Hall–Kier alpha value is -3.40. The molecule has 9 heteroatoms. The van der Waals surface area contributed by atoms with Gasteiger partial charge < -0.3 is 20.8 Å². The molecule has 1 atom stereocenters. The highest BCUT2D eigenvalue weighted by molar-refractivity contribution is 7.92. The Labute approximate surface area is 231 Å². The van der Waals surface area contributed by atoms with Crippen molar-refractivity contribution in [1.29, 1.82) is 0 Å². The van der Waals surface area contributed by atoms with Gasteiger partial charge in [0, 0.05) is 18.6 Å². The molecule has 3 aromatic rings. The largest absolute Gasteiger partial charge is 0.506 e. The summed E-state index contributed by atoms with van der Waals surface area (Å²) in [6.07, 6.45) is 2.88. The second kappa shape index (κ2) is 13.6. The van der Waals surface area contributed by atoms with E-state index in [-0.39, 0.29) is 29.4 Å². The van der Waals surface area contributed by atoms with E-state index in [4.69, 9.17) is 0 Å². The fourth-order valence-electron chi connectivity index (χ4n) is 4.37. The van der Waals surface area contributed by atoms with Crippen LogP contribution in [0.1, 0.15) is 48.6 Å². The Morgan fingerprint density at radius 1 is 0.949 bits per heavy atom. The number of sulfonamides is 1. The number of benzene rings is 3. The van der Waals surface area contributed by atoms with Crippen molar-refractivity contribution < 1.29 is 23.4 Å². The van der Waals surface area contributed by atoms with Crippen LogP contribution in [-0.4, -0.2) is 49.4 Å². The fraction of sp³-hybridized carbons (Fsp3) is 0.367. The lowest BCUT2D eigenvalue weighted by molar-refractivity contribution is -0.120. The van der Waals surface area contributed by atoms with Crippen molar-refractivity contribution in [3.8, 4) is 5.75 Å². The minimum Gasteiger partial charge on any atom is -0.506 e. The van der Waals surface area contributed by atoms with E-state index in [1.807, 2.05) is 56.3 Å². The molecule has 8 nitrogen and oxygen atoms in total. The number of phenols is 1. The number of nitrogens with one attached hydrogen (secondary N) is 3. The van der Waals surface area contributed by atoms with Crippen LogP contribution in [-0.2, 0) is 34.1 Å². The number of anilines is 1. The third kappa shape index (κ3) is 10.7. The predicted molar refractivity (Wildman–Crippen MR) is 155 cm³/mol. The second-order valence-corrected chi connectivity index (χ2v) is 12.3. The molecule has 0 heterocycles. The molecule has 0 fully saturated rings. The van der Waals surface area contributed by atoms with Crippen LogP contribution in [0.3, 0.4) is 0 Å². The molecule has 0 aliphatic rings. The quantitative estimate of drug-likeness (QED) is 0.153. The molecule has 0 saturated heterocycles. The maximum absolute atomic E-state index is 12.4. The van der Waals surface area contributed by atoms with Gasteiger partial charge in [-0.15, -0.1) is 0 Å². The molecule has 5 N–H and O–H groups in total. The average molecular weight is 554 g/mol. The zero-order valence-electron chi connectivity index (χ0n) is 22.8. The van der Waals surface area contributed by atoms with E-state index in [1.165, 1.54) is 17.7 Å². The van der Waals surface area contributed by atoms with E-state index in [1.54, 1.807) is 6.07 Å². The number of hydrogen-bond donors (Lipinski definition) is 5. The SMILES string of the molecule is CC(C)(Cc1cccc(CC(=O)NCCCc2ccccc2)c1)NC[C@H](O)c1ccc(O)c(NS(C)(=O)=O)c1. The van der Waals surface area contributed by atoms with Crippen molar-refractivity contribution in [2.45, 2.75) is 51.2 Å². The summed E-state index contributed by atoms with van der Waals surface area (Å²) in [4.78, 5) is 12.4. The zero-order valence-corrected chi connectivity index (χ0v) is 23.6. The maximum atomic E-state index is 12.4. The van der Waals surface area contributed by atoms with Crippen LogP contribution in [0.5, 0.6) is 5.75 Å². The van der Waals surface area contributed by atoms with Crippen molar-refractivity contribution in [3.63, 3.8) is 0 Å². The molecule has 0 aromatic heterocycles. The minimum atomic E-state index is -3.57. The van der Waals surface area contributed by atoms with E-state index in [2.05, 4.69) is 27.5 Å². The van der Waals surface area contributed by atoms with E-state index >= 15 is 0 Å². The van der Waals surface area contributed by atoms with E-state index in [9.17, 15) is 23.4 Å². The van der Waals surface area contributed by atoms with Gasteiger partial charge in [0.2, 0.25) is 15.9 Å². The number of aliphatic hydroxyl groups excluding tert-OH is 1. The van der Waals surface area contributed by atoms with Crippen LogP contribution in [0, 0.1) is 0 Å². The first-order valence-corrected chi connectivity index (χ1v) is 14.9. The number of phenolic OH excluding ortho intramolecular Hbond substituents is 1.